The molecule has 0 saturated carbocycles. The first-order valence-corrected chi connectivity index (χ1v) is 7.05. The van der Waals surface area contributed by atoms with E-state index in [1.807, 2.05) is 29.2 Å². The molecule has 1 aromatic carbocycles. The minimum Gasteiger partial charge on any atom is -0.339 e. The van der Waals surface area contributed by atoms with E-state index >= 15 is 0 Å². The molecule has 0 aliphatic carbocycles. The predicted octanol–water partition coefficient (Wildman–Crippen LogP) is 3.71. The number of halogens is 1. The van der Waals surface area contributed by atoms with Crippen LogP contribution in [0.4, 0.5) is 0 Å². The molecule has 1 aliphatic heterocycles. The van der Waals surface area contributed by atoms with E-state index in [4.69, 9.17) is 0 Å². The quantitative estimate of drug-likeness (QED) is 0.814. The van der Waals surface area contributed by atoms with Crippen LogP contribution >= 0.6 is 15.9 Å². The maximum absolute atomic E-state index is 12.3. The highest BCUT2D eigenvalue weighted by molar-refractivity contribution is 9.10. The first-order chi connectivity index (χ1) is 8.20. The van der Waals surface area contributed by atoms with Crippen LogP contribution in [0.15, 0.2) is 28.7 Å². The molecule has 0 radical (unpaired) electrons. The second kappa shape index (κ2) is 5.67. The van der Waals surface area contributed by atoms with Crippen LogP contribution in [-0.2, 0) is 0 Å². The molecule has 92 valence electrons. The van der Waals surface area contributed by atoms with E-state index in [9.17, 15) is 4.79 Å². The number of nitrogens with zero attached hydrogens (tertiary/aromatic N) is 1. The molecule has 1 heterocycles. The zero-order chi connectivity index (χ0) is 12.3. The van der Waals surface area contributed by atoms with Gasteiger partial charge in [0.25, 0.3) is 5.91 Å². The van der Waals surface area contributed by atoms with Crippen molar-refractivity contribution in [3.63, 3.8) is 0 Å². The molecule has 1 amide bonds. The van der Waals surface area contributed by atoms with Crippen LogP contribution < -0.4 is 0 Å². The molecule has 0 bridgehead atoms. The van der Waals surface area contributed by atoms with Crippen molar-refractivity contribution in [1.82, 2.24) is 4.90 Å². The molecule has 1 fully saturated rings. The maximum atomic E-state index is 12.3. The second-order valence-corrected chi connectivity index (χ2v) is 5.57. The van der Waals surface area contributed by atoms with E-state index < -0.39 is 0 Å². The van der Waals surface area contributed by atoms with Crippen molar-refractivity contribution in [2.75, 3.05) is 13.1 Å². The summed E-state index contributed by atoms with van der Waals surface area (Å²) in [6.45, 7) is 4.05. The van der Waals surface area contributed by atoms with Crippen molar-refractivity contribution in [3.8, 4) is 0 Å². The molecule has 17 heavy (non-hydrogen) atoms. The lowest BCUT2D eigenvalue weighted by Gasteiger charge is -2.31. The summed E-state index contributed by atoms with van der Waals surface area (Å²) >= 11 is 3.40. The SMILES string of the molecule is CCC1CCN(C(=O)c2cccc(Br)c2)CC1. The van der Waals surface area contributed by atoms with Gasteiger partial charge in [0.1, 0.15) is 0 Å². The molecule has 0 unspecified atom stereocenters. The van der Waals surface area contributed by atoms with Gasteiger partial charge in [0.2, 0.25) is 0 Å². The first-order valence-electron chi connectivity index (χ1n) is 6.25. The van der Waals surface area contributed by atoms with E-state index in [0.717, 1.165) is 41.9 Å². The number of piperidine rings is 1. The Morgan fingerprint density at radius 1 is 1.41 bits per heavy atom. The fourth-order valence-electron chi connectivity index (χ4n) is 2.35. The highest BCUT2D eigenvalue weighted by Gasteiger charge is 2.22. The van der Waals surface area contributed by atoms with E-state index in [1.165, 1.54) is 6.42 Å². The summed E-state index contributed by atoms with van der Waals surface area (Å²) in [5.74, 6) is 0.974. The van der Waals surface area contributed by atoms with Gasteiger partial charge < -0.3 is 4.90 Å². The minimum atomic E-state index is 0.167. The summed E-state index contributed by atoms with van der Waals surface area (Å²) < 4.78 is 0.965. The van der Waals surface area contributed by atoms with Crippen molar-refractivity contribution >= 4 is 21.8 Å². The normalized spacial score (nSPS) is 17.2. The number of rotatable bonds is 2. The molecule has 0 N–H and O–H groups in total. The highest BCUT2D eigenvalue weighted by atomic mass is 79.9. The van der Waals surface area contributed by atoms with Gasteiger partial charge in [-0.05, 0) is 37.0 Å². The molecule has 1 saturated heterocycles. The van der Waals surface area contributed by atoms with Crippen molar-refractivity contribution in [3.05, 3.63) is 34.3 Å². The number of benzene rings is 1. The fourth-order valence-corrected chi connectivity index (χ4v) is 2.75. The lowest BCUT2D eigenvalue weighted by molar-refractivity contribution is 0.0688. The summed E-state index contributed by atoms with van der Waals surface area (Å²) in [6.07, 6.45) is 3.53. The number of amides is 1. The van der Waals surface area contributed by atoms with Gasteiger partial charge in [-0.2, -0.15) is 0 Å². The van der Waals surface area contributed by atoms with Gasteiger partial charge >= 0.3 is 0 Å². The predicted molar refractivity (Wildman–Crippen MR) is 73.1 cm³/mol. The average molecular weight is 296 g/mol. The van der Waals surface area contributed by atoms with Gasteiger partial charge in [-0.1, -0.05) is 35.3 Å². The van der Waals surface area contributed by atoms with Crippen LogP contribution in [0.1, 0.15) is 36.5 Å². The molecular formula is C14H18BrNO. The lowest BCUT2D eigenvalue weighted by atomic mass is 9.94. The zero-order valence-corrected chi connectivity index (χ0v) is 11.7. The molecule has 1 aromatic rings. The maximum Gasteiger partial charge on any atom is 0.253 e. The number of hydrogen-bond acceptors (Lipinski definition) is 1. The number of likely N-dealkylation sites (tertiary alicyclic amines) is 1. The Morgan fingerprint density at radius 2 is 2.12 bits per heavy atom. The number of carbonyl (C=O) groups is 1. The first kappa shape index (κ1) is 12.6. The topological polar surface area (TPSA) is 20.3 Å². The summed E-state index contributed by atoms with van der Waals surface area (Å²) in [6, 6.07) is 7.64. The molecule has 0 spiro atoms. The molecule has 2 rings (SSSR count). The Labute approximate surface area is 111 Å². The summed E-state index contributed by atoms with van der Waals surface area (Å²) in [7, 11) is 0. The van der Waals surface area contributed by atoms with Crippen molar-refractivity contribution < 1.29 is 4.79 Å². The molecule has 0 aromatic heterocycles. The van der Waals surface area contributed by atoms with Gasteiger partial charge in [-0.25, -0.2) is 0 Å². The Hall–Kier alpha value is -0.830. The second-order valence-electron chi connectivity index (χ2n) is 4.65. The Balaban J connectivity index is 2.02. The van der Waals surface area contributed by atoms with E-state index in [-0.39, 0.29) is 5.91 Å². The standard InChI is InChI=1S/C14H18BrNO/c1-2-11-6-8-16(9-7-11)14(17)12-4-3-5-13(15)10-12/h3-5,10-11H,2,6-9H2,1H3. The molecule has 0 atom stereocenters. The summed E-state index contributed by atoms with van der Waals surface area (Å²) in [5.41, 5.74) is 0.786. The fraction of sp³-hybridized carbons (Fsp3) is 0.500. The third-order valence-corrected chi connectivity index (χ3v) is 4.04. The van der Waals surface area contributed by atoms with Gasteiger partial charge in [0.05, 0.1) is 0 Å². The third-order valence-electron chi connectivity index (χ3n) is 3.55. The van der Waals surface area contributed by atoms with Crippen molar-refractivity contribution in [2.24, 2.45) is 5.92 Å². The van der Waals surface area contributed by atoms with Crippen LogP contribution in [0.2, 0.25) is 0 Å². The number of hydrogen-bond donors (Lipinski definition) is 0. The Bertz CT molecular complexity index is 397. The van der Waals surface area contributed by atoms with Crippen molar-refractivity contribution in [2.45, 2.75) is 26.2 Å². The Kier molecular flexibility index (Phi) is 4.21. The third kappa shape index (κ3) is 3.09. The molecule has 1 aliphatic rings. The Morgan fingerprint density at radius 3 is 2.71 bits per heavy atom. The highest BCUT2D eigenvalue weighted by Crippen LogP contribution is 2.22. The molecular weight excluding hydrogens is 278 g/mol. The van der Waals surface area contributed by atoms with E-state index in [0.29, 0.717) is 0 Å². The largest absolute Gasteiger partial charge is 0.339 e. The minimum absolute atomic E-state index is 0.167. The van der Waals surface area contributed by atoms with Gasteiger partial charge in [0.15, 0.2) is 0 Å². The average Bonchev–Trinajstić information content (AvgIpc) is 2.38. The van der Waals surface area contributed by atoms with Gasteiger partial charge in [-0.15, -0.1) is 0 Å². The van der Waals surface area contributed by atoms with E-state index in [2.05, 4.69) is 22.9 Å². The van der Waals surface area contributed by atoms with Gasteiger partial charge in [0, 0.05) is 23.1 Å². The van der Waals surface area contributed by atoms with E-state index in [1.54, 1.807) is 0 Å². The van der Waals surface area contributed by atoms with Crippen LogP contribution in [0, 0.1) is 5.92 Å². The summed E-state index contributed by atoms with van der Waals surface area (Å²) in [4.78, 5) is 14.2. The van der Waals surface area contributed by atoms with Gasteiger partial charge in [-0.3, -0.25) is 4.79 Å². The van der Waals surface area contributed by atoms with Crippen LogP contribution in [0.25, 0.3) is 0 Å². The molecule has 2 nitrogen and oxygen atoms in total. The van der Waals surface area contributed by atoms with Crippen molar-refractivity contribution in [1.29, 1.82) is 0 Å². The lowest BCUT2D eigenvalue weighted by Crippen LogP contribution is -2.38. The zero-order valence-electron chi connectivity index (χ0n) is 10.2. The van der Waals surface area contributed by atoms with Crippen LogP contribution in [-0.4, -0.2) is 23.9 Å². The van der Waals surface area contributed by atoms with Crippen LogP contribution in [0.3, 0.4) is 0 Å². The summed E-state index contributed by atoms with van der Waals surface area (Å²) in [5, 5.41) is 0. The number of carbonyl (C=O) groups excluding carboxylic acids is 1. The smallest absolute Gasteiger partial charge is 0.253 e. The molecule has 3 heteroatoms. The van der Waals surface area contributed by atoms with Crippen LogP contribution in [0.5, 0.6) is 0 Å². The monoisotopic (exact) mass is 295 g/mol.